The second-order valence-electron chi connectivity index (χ2n) is 6.52. The fourth-order valence-corrected chi connectivity index (χ4v) is 3.29. The first-order valence-corrected chi connectivity index (χ1v) is 7.98. The van der Waals surface area contributed by atoms with Crippen molar-refractivity contribution in [2.24, 2.45) is 5.92 Å². The van der Waals surface area contributed by atoms with Crippen molar-refractivity contribution >= 4 is 22.6 Å². The van der Waals surface area contributed by atoms with E-state index in [1.54, 1.807) is 0 Å². The van der Waals surface area contributed by atoms with E-state index in [-0.39, 0.29) is 0 Å². The number of likely N-dealkylation sites (tertiary alicyclic amines) is 1. The molecule has 4 heteroatoms. The molecule has 21 heavy (non-hydrogen) atoms. The van der Waals surface area contributed by atoms with Crippen molar-refractivity contribution in [1.29, 1.82) is 0 Å². The number of rotatable bonds is 3. The van der Waals surface area contributed by atoms with E-state index >= 15 is 0 Å². The smallest absolute Gasteiger partial charge is 0.136 e. The van der Waals surface area contributed by atoms with Gasteiger partial charge in [-0.25, -0.2) is 0 Å². The quantitative estimate of drug-likeness (QED) is 0.930. The van der Waals surface area contributed by atoms with Crippen LogP contribution in [0, 0.1) is 5.92 Å². The predicted molar refractivity (Wildman–Crippen MR) is 85.6 cm³/mol. The van der Waals surface area contributed by atoms with E-state index in [2.05, 4.69) is 18.7 Å². The molecule has 2 heterocycles. The van der Waals surface area contributed by atoms with Crippen molar-refractivity contribution in [1.82, 2.24) is 4.90 Å². The number of piperidine rings is 1. The summed E-state index contributed by atoms with van der Waals surface area (Å²) < 4.78 is 5.85. The molecule has 1 aromatic carbocycles. The second-order valence-corrected chi connectivity index (χ2v) is 6.96. The van der Waals surface area contributed by atoms with Gasteiger partial charge in [0.2, 0.25) is 0 Å². The van der Waals surface area contributed by atoms with E-state index in [4.69, 9.17) is 16.0 Å². The minimum Gasteiger partial charge on any atom is -0.458 e. The first-order valence-electron chi connectivity index (χ1n) is 7.60. The molecule has 0 amide bonds. The predicted octanol–water partition coefficient (Wildman–Crippen LogP) is 4.03. The summed E-state index contributed by atoms with van der Waals surface area (Å²) in [5.74, 6) is 1.33. The summed E-state index contributed by atoms with van der Waals surface area (Å²) in [4.78, 5) is 2.42. The standard InChI is InChI=1S/C17H22ClNO2/c1-12(2)11-19-7-5-17(20,6-8-19)16-10-13-9-14(18)3-4-15(13)21-16/h3-4,9-10,12,20H,5-8,11H2,1-2H3. The zero-order valence-corrected chi connectivity index (χ0v) is 13.4. The third-order valence-electron chi connectivity index (χ3n) is 4.24. The van der Waals surface area contributed by atoms with Gasteiger partial charge in [-0.05, 0) is 43.0 Å². The molecule has 0 spiro atoms. The molecule has 0 radical (unpaired) electrons. The van der Waals surface area contributed by atoms with E-state index in [1.165, 1.54) is 0 Å². The van der Waals surface area contributed by atoms with Gasteiger partial charge in [0.1, 0.15) is 16.9 Å². The van der Waals surface area contributed by atoms with Crippen LogP contribution in [0.2, 0.25) is 5.02 Å². The van der Waals surface area contributed by atoms with Gasteiger partial charge in [0.15, 0.2) is 0 Å². The monoisotopic (exact) mass is 307 g/mol. The van der Waals surface area contributed by atoms with Crippen molar-refractivity contribution in [2.45, 2.75) is 32.3 Å². The Morgan fingerprint density at radius 2 is 2.00 bits per heavy atom. The van der Waals surface area contributed by atoms with E-state index in [0.29, 0.717) is 29.5 Å². The molecule has 0 unspecified atom stereocenters. The molecule has 0 saturated carbocycles. The minimum absolute atomic E-state index is 0.657. The van der Waals surface area contributed by atoms with Crippen molar-refractivity contribution in [2.75, 3.05) is 19.6 Å². The minimum atomic E-state index is -0.848. The van der Waals surface area contributed by atoms with Gasteiger partial charge in [0, 0.05) is 30.0 Å². The molecule has 114 valence electrons. The molecule has 2 aromatic rings. The summed E-state index contributed by atoms with van der Waals surface area (Å²) in [6.45, 7) is 7.36. The van der Waals surface area contributed by atoms with Gasteiger partial charge in [0.25, 0.3) is 0 Å². The SMILES string of the molecule is CC(C)CN1CCC(O)(c2cc3cc(Cl)ccc3o2)CC1. The average Bonchev–Trinajstić information content (AvgIpc) is 2.85. The zero-order chi connectivity index (χ0) is 15.0. The number of nitrogens with zero attached hydrogens (tertiary/aromatic N) is 1. The highest BCUT2D eigenvalue weighted by atomic mass is 35.5. The summed E-state index contributed by atoms with van der Waals surface area (Å²) >= 11 is 6.01. The van der Waals surface area contributed by atoms with E-state index in [1.807, 2.05) is 24.3 Å². The van der Waals surface area contributed by atoms with Crippen LogP contribution in [0.15, 0.2) is 28.7 Å². The zero-order valence-electron chi connectivity index (χ0n) is 12.6. The number of benzene rings is 1. The summed E-state index contributed by atoms with van der Waals surface area (Å²) in [5, 5.41) is 12.6. The Kier molecular flexibility index (Phi) is 4.00. The Hall–Kier alpha value is -1.03. The normalized spacial score (nSPS) is 19.5. The molecule has 0 bridgehead atoms. The van der Waals surface area contributed by atoms with Crippen LogP contribution in [0.3, 0.4) is 0 Å². The molecule has 1 saturated heterocycles. The highest BCUT2D eigenvalue weighted by Crippen LogP contribution is 2.36. The molecular weight excluding hydrogens is 286 g/mol. The third kappa shape index (κ3) is 3.10. The largest absolute Gasteiger partial charge is 0.458 e. The van der Waals surface area contributed by atoms with Gasteiger partial charge in [-0.3, -0.25) is 0 Å². The Bertz CT molecular complexity index is 627. The first kappa shape index (κ1) is 14.9. The first-order chi connectivity index (χ1) is 9.96. The molecule has 1 aliphatic heterocycles. The molecule has 3 nitrogen and oxygen atoms in total. The lowest BCUT2D eigenvalue weighted by atomic mass is 9.88. The Morgan fingerprint density at radius 3 is 2.67 bits per heavy atom. The lowest BCUT2D eigenvalue weighted by Gasteiger charge is -2.37. The van der Waals surface area contributed by atoms with Gasteiger partial charge >= 0.3 is 0 Å². The van der Waals surface area contributed by atoms with Gasteiger partial charge in [-0.1, -0.05) is 25.4 Å². The maximum Gasteiger partial charge on any atom is 0.136 e. The third-order valence-corrected chi connectivity index (χ3v) is 4.48. The highest BCUT2D eigenvalue weighted by molar-refractivity contribution is 6.31. The summed E-state index contributed by atoms with van der Waals surface area (Å²) in [7, 11) is 0. The van der Waals surface area contributed by atoms with Crippen LogP contribution in [0.25, 0.3) is 11.0 Å². The van der Waals surface area contributed by atoms with Gasteiger partial charge in [-0.2, -0.15) is 0 Å². The lowest BCUT2D eigenvalue weighted by Crippen LogP contribution is -2.43. The van der Waals surface area contributed by atoms with Crippen LogP contribution in [0.4, 0.5) is 0 Å². The topological polar surface area (TPSA) is 36.6 Å². The van der Waals surface area contributed by atoms with Crippen LogP contribution in [0.5, 0.6) is 0 Å². The lowest BCUT2D eigenvalue weighted by molar-refractivity contribution is -0.0427. The number of aliphatic hydroxyl groups is 1. The van der Waals surface area contributed by atoms with Crippen LogP contribution in [-0.2, 0) is 5.60 Å². The Morgan fingerprint density at radius 1 is 1.29 bits per heavy atom. The van der Waals surface area contributed by atoms with Crippen molar-refractivity contribution in [3.05, 3.63) is 35.0 Å². The molecule has 0 aliphatic carbocycles. The van der Waals surface area contributed by atoms with Gasteiger partial charge in [0.05, 0.1) is 0 Å². The van der Waals surface area contributed by atoms with Crippen molar-refractivity contribution in [3.63, 3.8) is 0 Å². The van der Waals surface area contributed by atoms with Crippen molar-refractivity contribution < 1.29 is 9.52 Å². The summed E-state index contributed by atoms with van der Waals surface area (Å²) in [6, 6.07) is 7.48. The fourth-order valence-electron chi connectivity index (χ4n) is 3.11. The average molecular weight is 308 g/mol. The summed E-state index contributed by atoms with van der Waals surface area (Å²) in [6.07, 6.45) is 1.43. The van der Waals surface area contributed by atoms with Crippen LogP contribution in [0.1, 0.15) is 32.4 Å². The molecule has 1 aliphatic rings. The molecule has 3 rings (SSSR count). The van der Waals surface area contributed by atoms with Crippen LogP contribution >= 0.6 is 11.6 Å². The second kappa shape index (κ2) is 5.64. The Labute approximate surface area is 130 Å². The number of fused-ring (bicyclic) bond motifs is 1. The van der Waals surface area contributed by atoms with E-state index < -0.39 is 5.60 Å². The van der Waals surface area contributed by atoms with Gasteiger partial charge < -0.3 is 14.4 Å². The fraction of sp³-hybridized carbons (Fsp3) is 0.529. The number of furan rings is 1. The number of halogens is 1. The van der Waals surface area contributed by atoms with Gasteiger partial charge in [-0.15, -0.1) is 0 Å². The molecule has 1 aromatic heterocycles. The Balaban J connectivity index is 1.79. The summed E-state index contributed by atoms with van der Waals surface area (Å²) in [5.41, 5.74) is -0.0636. The van der Waals surface area contributed by atoms with Crippen molar-refractivity contribution in [3.8, 4) is 0 Å². The van der Waals surface area contributed by atoms with E-state index in [9.17, 15) is 5.11 Å². The molecule has 1 fully saturated rings. The highest BCUT2D eigenvalue weighted by Gasteiger charge is 2.37. The molecular formula is C17H22ClNO2. The molecule has 1 N–H and O–H groups in total. The maximum atomic E-state index is 10.9. The maximum absolute atomic E-state index is 10.9. The molecule has 0 atom stereocenters. The van der Waals surface area contributed by atoms with E-state index in [0.717, 1.165) is 30.6 Å². The van der Waals surface area contributed by atoms with Crippen LogP contribution < -0.4 is 0 Å². The van der Waals surface area contributed by atoms with Crippen LogP contribution in [-0.4, -0.2) is 29.6 Å². The number of hydrogen-bond acceptors (Lipinski definition) is 3. The number of hydrogen-bond donors (Lipinski definition) is 1.